The van der Waals surface area contributed by atoms with E-state index in [1.807, 2.05) is 0 Å². The largest absolute Gasteiger partial charge is 0.353 e. The van der Waals surface area contributed by atoms with Crippen LogP contribution in [0.25, 0.3) is 0 Å². The zero-order valence-electron chi connectivity index (χ0n) is 14.7. The Hall–Kier alpha value is -1.59. The van der Waals surface area contributed by atoms with Gasteiger partial charge >= 0.3 is 0 Å². The molecule has 1 fully saturated rings. The van der Waals surface area contributed by atoms with E-state index < -0.39 is 0 Å². The number of nitrogens with one attached hydrogen (secondary N) is 2. The lowest BCUT2D eigenvalue weighted by molar-refractivity contribution is 0.391. The summed E-state index contributed by atoms with van der Waals surface area (Å²) < 4.78 is 2.07. The molecule has 0 saturated heterocycles. The van der Waals surface area contributed by atoms with E-state index in [0.29, 0.717) is 12.1 Å². The van der Waals surface area contributed by atoms with Crippen LogP contribution in [0.4, 0.5) is 0 Å². The number of aromatic nitrogens is 3. The average molecular weight is 318 g/mol. The zero-order valence-corrected chi connectivity index (χ0v) is 14.7. The number of guanidine groups is 1. The van der Waals surface area contributed by atoms with Crippen LogP contribution in [0.2, 0.25) is 0 Å². The first-order chi connectivity index (χ1) is 11.2. The summed E-state index contributed by atoms with van der Waals surface area (Å²) in [7, 11) is 0. The summed E-state index contributed by atoms with van der Waals surface area (Å²) in [5.74, 6) is 3.90. The van der Waals surface area contributed by atoms with Crippen LogP contribution >= 0.6 is 0 Å². The fourth-order valence-electron chi connectivity index (χ4n) is 3.40. The quantitative estimate of drug-likeness (QED) is 0.621. The summed E-state index contributed by atoms with van der Waals surface area (Å²) in [6.45, 7) is 8.15. The molecule has 0 aromatic carbocycles. The van der Waals surface area contributed by atoms with Crippen LogP contribution < -0.4 is 10.6 Å². The van der Waals surface area contributed by atoms with E-state index in [0.717, 1.165) is 55.9 Å². The van der Waals surface area contributed by atoms with E-state index in [-0.39, 0.29) is 0 Å². The van der Waals surface area contributed by atoms with Gasteiger partial charge in [-0.2, -0.15) is 5.10 Å². The minimum absolute atomic E-state index is 0.384. The van der Waals surface area contributed by atoms with Gasteiger partial charge in [-0.1, -0.05) is 20.3 Å². The second-order valence-electron chi connectivity index (χ2n) is 6.72. The molecule has 23 heavy (non-hydrogen) atoms. The first-order valence-corrected chi connectivity index (χ1v) is 9.23. The Morgan fingerprint density at radius 2 is 2.17 bits per heavy atom. The maximum Gasteiger partial charge on any atom is 0.191 e. The summed E-state index contributed by atoms with van der Waals surface area (Å²) in [5, 5.41) is 11.8. The van der Waals surface area contributed by atoms with E-state index in [4.69, 9.17) is 0 Å². The molecule has 1 saturated carbocycles. The van der Waals surface area contributed by atoms with E-state index in [2.05, 4.69) is 51.2 Å². The third kappa shape index (κ3) is 4.03. The lowest BCUT2D eigenvalue weighted by Crippen LogP contribution is -2.48. The van der Waals surface area contributed by atoms with Gasteiger partial charge in [-0.3, -0.25) is 4.99 Å². The Morgan fingerprint density at radius 3 is 2.91 bits per heavy atom. The van der Waals surface area contributed by atoms with Crippen molar-refractivity contribution in [1.29, 1.82) is 0 Å². The summed E-state index contributed by atoms with van der Waals surface area (Å²) >= 11 is 0. The first kappa shape index (κ1) is 16.3. The van der Waals surface area contributed by atoms with Crippen molar-refractivity contribution < 1.29 is 0 Å². The monoisotopic (exact) mass is 318 g/mol. The minimum atomic E-state index is 0.384. The molecule has 3 atom stereocenters. The molecule has 1 aliphatic heterocycles. The molecule has 2 N–H and O–H groups in total. The molecule has 6 nitrogen and oxygen atoms in total. The molecular weight excluding hydrogens is 288 g/mol. The third-order valence-corrected chi connectivity index (χ3v) is 4.78. The number of hydrogen-bond acceptors (Lipinski definition) is 3. The van der Waals surface area contributed by atoms with Crippen molar-refractivity contribution in [2.24, 2.45) is 10.9 Å². The number of hydrogen-bond donors (Lipinski definition) is 2. The van der Waals surface area contributed by atoms with Crippen molar-refractivity contribution in [3.63, 3.8) is 0 Å². The average Bonchev–Trinajstić information content (AvgIpc) is 3.12. The van der Waals surface area contributed by atoms with Crippen LogP contribution in [0.5, 0.6) is 0 Å². The smallest absolute Gasteiger partial charge is 0.191 e. The van der Waals surface area contributed by atoms with Gasteiger partial charge in [0.25, 0.3) is 0 Å². The van der Waals surface area contributed by atoms with Gasteiger partial charge in [0.2, 0.25) is 0 Å². The highest BCUT2D eigenvalue weighted by atomic mass is 15.4. The van der Waals surface area contributed by atoms with E-state index >= 15 is 0 Å². The highest BCUT2D eigenvalue weighted by Gasteiger charge is 2.37. The molecule has 128 valence electrons. The molecule has 2 heterocycles. The van der Waals surface area contributed by atoms with Crippen molar-refractivity contribution in [3.8, 4) is 0 Å². The van der Waals surface area contributed by atoms with Gasteiger partial charge in [0, 0.05) is 31.5 Å². The molecule has 2 aliphatic rings. The molecule has 1 aromatic heterocycles. The first-order valence-electron chi connectivity index (χ1n) is 9.23. The van der Waals surface area contributed by atoms with Gasteiger partial charge in [-0.25, -0.2) is 9.67 Å². The molecule has 0 radical (unpaired) electrons. The van der Waals surface area contributed by atoms with Gasteiger partial charge < -0.3 is 10.6 Å². The standard InChI is InChI=1S/C17H30N6/c1-4-7-12-10-14(12)20-17(18-6-3)19-13-8-9-16-21-15(5-2)22-23(16)11-13/h12-14H,4-11H2,1-3H3,(H2,18,19,20). The maximum atomic E-state index is 4.62. The van der Waals surface area contributed by atoms with Crippen molar-refractivity contribution >= 4 is 5.96 Å². The number of fused-ring (bicyclic) bond motifs is 1. The van der Waals surface area contributed by atoms with Crippen LogP contribution in [0.1, 0.15) is 58.1 Å². The predicted octanol–water partition coefficient (Wildman–Crippen LogP) is 1.90. The van der Waals surface area contributed by atoms with Crippen LogP contribution in [0.3, 0.4) is 0 Å². The molecule has 3 rings (SSSR count). The van der Waals surface area contributed by atoms with Crippen LogP contribution in [0.15, 0.2) is 4.99 Å². The highest BCUT2D eigenvalue weighted by molar-refractivity contribution is 5.80. The van der Waals surface area contributed by atoms with Crippen molar-refractivity contribution in [2.45, 2.75) is 77.9 Å². The zero-order chi connectivity index (χ0) is 16.2. The van der Waals surface area contributed by atoms with Crippen LogP contribution in [-0.4, -0.2) is 39.4 Å². The highest BCUT2D eigenvalue weighted by Crippen LogP contribution is 2.34. The van der Waals surface area contributed by atoms with Gasteiger partial charge in [-0.05, 0) is 32.1 Å². The molecular formula is C17H30N6. The molecule has 6 heteroatoms. The summed E-state index contributed by atoms with van der Waals surface area (Å²) in [5.41, 5.74) is 0. The number of aliphatic imine (C=N–C) groups is 1. The van der Waals surface area contributed by atoms with Gasteiger partial charge in [0.1, 0.15) is 5.82 Å². The normalized spacial score (nSPS) is 26.7. The van der Waals surface area contributed by atoms with Crippen molar-refractivity contribution in [1.82, 2.24) is 25.4 Å². The van der Waals surface area contributed by atoms with Crippen LogP contribution in [-0.2, 0) is 19.4 Å². The van der Waals surface area contributed by atoms with E-state index in [1.165, 1.54) is 19.3 Å². The van der Waals surface area contributed by atoms with Crippen molar-refractivity contribution in [2.75, 3.05) is 6.54 Å². The summed E-state index contributed by atoms with van der Waals surface area (Å²) in [6, 6.07) is 1.00. The Kier molecular flexibility index (Phi) is 5.18. The van der Waals surface area contributed by atoms with Gasteiger partial charge in [-0.15, -0.1) is 0 Å². The Bertz CT molecular complexity index is 549. The SMILES string of the molecule is CCCC1CC1NC(=NCC)NC1CCc2nc(CC)nn2C1. The Morgan fingerprint density at radius 1 is 1.30 bits per heavy atom. The number of aryl methyl sites for hydroxylation is 2. The Labute approximate surface area is 139 Å². The number of rotatable bonds is 6. The van der Waals surface area contributed by atoms with Gasteiger partial charge in [0.05, 0.1) is 6.54 Å². The van der Waals surface area contributed by atoms with Crippen LogP contribution in [0, 0.1) is 5.92 Å². The van der Waals surface area contributed by atoms with E-state index in [1.54, 1.807) is 0 Å². The Balaban J connectivity index is 1.55. The van der Waals surface area contributed by atoms with Crippen molar-refractivity contribution in [3.05, 3.63) is 11.6 Å². The molecule has 3 unspecified atom stereocenters. The maximum absolute atomic E-state index is 4.62. The van der Waals surface area contributed by atoms with E-state index in [9.17, 15) is 0 Å². The predicted molar refractivity (Wildman–Crippen MR) is 92.6 cm³/mol. The lowest BCUT2D eigenvalue weighted by Gasteiger charge is -2.25. The molecule has 0 bridgehead atoms. The topological polar surface area (TPSA) is 67.1 Å². The molecule has 1 aliphatic carbocycles. The lowest BCUT2D eigenvalue weighted by atomic mass is 10.1. The third-order valence-electron chi connectivity index (χ3n) is 4.78. The fourth-order valence-corrected chi connectivity index (χ4v) is 3.40. The van der Waals surface area contributed by atoms with Gasteiger partial charge in [0.15, 0.2) is 11.8 Å². The molecule has 0 amide bonds. The minimum Gasteiger partial charge on any atom is -0.353 e. The second-order valence-corrected chi connectivity index (χ2v) is 6.72. The summed E-state index contributed by atoms with van der Waals surface area (Å²) in [4.78, 5) is 9.21. The summed E-state index contributed by atoms with van der Waals surface area (Å²) in [6.07, 6.45) is 6.87. The second kappa shape index (κ2) is 7.32. The fraction of sp³-hybridized carbons (Fsp3) is 0.824. The number of nitrogens with zero attached hydrogens (tertiary/aromatic N) is 4. The molecule has 1 aromatic rings. The molecule has 0 spiro atoms.